The number of carbonyl (C=O) groups is 1. The van der Waals surface area contributed by atoms with Crippen molar-refractivity contribution in [1.82, 2.24) is 0 Å². The highest BCUT2D eigenvalue weighted by Crippen LogP contribution is 2.22. The average Bonchev–Trinajstić information content (AvgIpc) is 2.51. The van der Waals surface area contributed by atoms with Crippen LogP contribution in [0.3, 0.4) is 0 Å². The molecule has 1 rings (SSSR count). The maximum absolute atomic E-state index is 12.1. The van der Waals surface area contributed by atoms with Gasteiger partial charge in [0.1, 0.15) is 11.9 Å². The molecule has 23 heavy (non-hydrogen) atoms. The molecule has 0 bridgehead atoms. The van der Waals surface area contributed by atoms with Gasteiger partial charge >= 0.3 is 12.6 Å². The van der Waals surface area contributed by atoms with Crippen molar-refractivity contribution in [2.45, 2.75) is 39.6 Å². The summed E-state index contributed by atoms with van der Waals surface area (Å²) in [6.45, 7) is 3.59. The molecule has 0 fully saturated rings. The first-order chi connectivity index (χ1) is 10.9. The molecule has 0 unspecified atom stereocenters. The van der Waals surface area contributed by atoms with Gasteiger partial charge in [0.05, 0.1) is 13.2 Å². The zero-order chi connectivity index (χ0) is 17.2. The van der Waals surface area contributed by atoms with Gasteiger partial charge in [-0.3, -0.25) is 0 Å². The normalized spacial score (nSPS) is 13.7. The quantitative estimate of drug-likeness (QED) is 0.486. The molecule has 1 aromatic rings. The highest BCUT2D eigenvalue weighted by molar-refractivity contribution is 5.74. The molecule has 2 atom stereocenters. The van der Waals surface area contributed by atoms with Crippen LogP contribution >= 0.6 is 0 Å². The number of esters is 1. The van der Waals surface area contributed by atoms with E-state index in [2.05, 4.69) is 4.74 Å². The molecule has 0 amide bonds. The molecule has 0 N–H and O–H groups in total. The van der Waals surface area contributed by atoms with Crippen LogP contribution in [0.2, 0.25) is 0 Å². The lowest BCUT2D eigenvalue weighted by Crippen LogP contribution is -2.26. The highest BCUT2D eigenvalue weighted by atomic mass is 19.3. The van der Waals surface area contributed by atoms with Crippen molar-refractivity contribution in [3.05, 3.63) is 29.8 Å². The highest BCUT2D eigenvalue weighted by Gasteiger charge is 2.19. The van der Waals surface area contributed by atoms with E-state index >= 15 is 0 Å². The number of hydrogen-bond donors (Lipinski definition) is 0. The molecule has 0 aliphatic carbocycles. The summed E-state index contributed by atoms with van der Waals surface area (Å²) in [5, 5.41) is 0. The molecule has 0 radical (unpaired) electrons. The monoisotopic (exact) mass is 332 g/mol. The van der Waals surface area contributed by atoms with Crippen molar-refractivity contribution in [3.8, 4) is 5.75 Å². The standard InChI is InChI=1S/C16H22F2O5/c1-4-20-9-10-21-12(3)15(19)22-11(2)13-5-7-14(8-6-13)23-16(17)18/h5-8,11-12,16H,4,9-10H2,1-3H3/t11-,12-/m0/s1. The molecule has 0 saturated heterocycles. The van der Waals surface area contributed by atoms with Gasteiger partial charge in [0, 0.05) is 6.61 Å². The Hall–Kier alpha value is -1.73. The number of benzene rings is 1. The Morgan fingerprint density at radius 3 is 2.35 bits per heavy atom. The van der Waals surface area contributed by atoms with Gasteiger partial charge in [-0.2, -0.15) is 8.78 Å². The SMILES string of the molecule is CCOCCO[C@@H](C)C(=O)O[C@@H](C)c1ccc(OC(F)F)cc1. The van der Waals surface area contributed by atoms with Gasteiger partial charge < -0.3 is 18.9 Å². The Balaban J connectivity index is 2.44. The maximum Gasteiger partial charge on any atom is 0.387 e. The summed E-state index contributed by atoms with van der Waals surface area (Å²) in [6, 6.07) is 5.92. The van der Waals surface area contributed by atoms with Crippen molar-refractivity contribution < 1.29 is 32.5 Å². The Morgan fingerprint density at radius 2 is 1.78 bits per heavy atom. The van der Waals surface area contributed by atoms with E-state index in [4.69, 9.17) is 14.2 Å². The first kappa shape index (κ1) is 19.3. The number of hydrogen-bond acceptors (Lipinski definition) is 5. The van der Waals surface area contributed by atoms with E-state index in [-0.39, 0.29) is 5.75 Å². The second-order valence-corrected chi connectivity index (χ2v) is 4.74. The van der Waals surface area contributed by atoms with Gasteiger partial charge in [-0.25, -0.2) is 4.79 Å². The van der Waals surface area contributed by atoms with Crippen LogP contribution in [0.25, 0.3) is 0 Å². The number of carbonyl (C=O) groups excluding carboxylic acids is 1. The van der Waals surface area contributed by atoms with Crippen molar-refractivity contribution in [2.75, 3.05) is 19.8 Å². The van der Waals surface area contributed by atoms with Crippen LogP contribution < -0.4 is 4.74 Å². The maximum atomic E-state index is 12.1. The van der Waals surface area contributed by atoms with Crippen LogP contribution in [0.15, 0.2) is 24.3 Å². The zero-order valence-corrected chi connectivity index (χ0v) is 13.5. The summed E-state index contributed by atoms with van der Waals surface area (Å²) >= 11 is 0. The van der Waals surface area contributed by atoms with Gasteiger partial charge in [-0.05, 0) is 38.5 Å². The van der Waals surface area contributed by atoms with Gasteiger partial charge in [0.15, 0.2) is 6.10 Å². The lowest BCUT2D eigenvalue weighted by molar-refractivity contribution is -0.161. The minimum absolute atomic E-state index is 0.0508. The predicted molar refractivity (Wildman–Crippen MR) is 79.5 cm³/mol. The largest absolute Gasteiger partial charge is 0.456 e. The van der Waals surface area contributed by atoms with E-state index in [1.54, 1.807) is 26.0 Å². The number of ether oxygens (including phenoxy) is 4. The van der Waals surface area contributed by atoms with Gasteiger partial charge in [0.2, 0.25) is 0 Å². The Labute approximate surface area is 134 Å². The van der Waals surface area contributed by atoms with Gasteiger partial charge in [-0.15, -0.1) is 0 Å². The Morgan fingerprint density at radius 1 is 1.13 bits per heavy atom. The van der Waals surface area contributed by atoms with E-state index < -0.39 is 24.8 Å². The second kappa shape index (κ2) is 10.1. The molecule has 0 saturated carbocycles. The van der Waals surface area contributed by atoms with Crippen LogP contribution in [0.5, 0.6) is 5.75 Å². The molecule has 0 spiro atoms. The summed E-state index contributed by atoms with van der Waals surface area (Å²) in [5.74, 6) is -0.447. The van der Waals surface area contributed by atoms with Crippen molar-refractivity contribution in [2.24, 2.45) is 0 Å². The first-order valence-electron chi connectivity index (χ1n) is 7.38. The van der Waals surface area contributed by atoms with Crippen LogP contribution in [0, 0.1) is 0 Å². The molecule has 0 aromatic heterocycles. The minimum atomic E-state index is -2.87. The topological polar surface area (TPSA) is 54.0 Å². The van der Waals surface area contributed by atoms with Gasteiger partial charge in [0.25, 0.3) is 0 Å². The molecule has 1 aromatic carbocycles. The molecule has 130 valence electrons. The third-order valence-corrected chi connectivity index (χ3v) is 3.00. The smallest absolute Gasteiger partial charge is 0.387 e. The third-order valence-electron chi connectivity index (χ3n) is 3.00. The van der Waals surface area contributed by atoms with Crippen LogP contribution in [0.1, 0.15) is 32.4 Å². The zero-order valence-electron chi connectivity index (χ0n) is 13.5. The molecular weight excluding hydrogens is 310 g/mol. The minimum Gasteiger partial charge on any atom is -0.456 e. The number of rotatable bonds is 10. The van der Waals surface area contributed by atoms with Gasteiger partial charge in [-0.1, -0.05) is 12.1 Å². The summed E-state index contributed by atoms with van der Waals surface area (Å²) in [7, 11) is 0. The number of halogens is 2. The van der Waals surface area contributed by atoms with E-state index in [1.165, 1.54) is 12.1 Å². The molecule has 0 heterocycles. The molecule has 5 nitrogen and oxygen atoms in total. The van der Waals surface area contributed by atoms with E-state index in [0.29, 0.717) is 25.4 Å². The summed E-state index contributed by atoms with van der Waals surface area (Å²) in [6.07, 6.45) is -1.24. The third kappa shape index (κ3) is 7.38. The second-order valence-electron chi connectivity index (χ2n) is 4.74. The molecule has 0 aliphatic rings. The first-order valence-corrected chi connectivity index (χ1v) is 7.38. The lowest BCUT2D eigenvalue weighted by atomic mass is 10.1. The van der Waals surface area contributed by atoms with E-state index in [0.717, 1.165) is 0 Å². The van der Waals surface area contributed by atoms with Crippen molar-refractivity contribution >= 4 is 5.97 Å². The number of alkyl halides is 2. The van der Waals surface area contributed by atoms with Crippen LogP contribution in [-0.4, -0.2) is 38.5 Å². The average molecular weight is 332 g/mol. The van der Waals surface area contributed by atoms with E-state index in [1.807, 2.05) is 6.92 Å². The fraction of sp³-hybridized carbons (Fsp3) is 0.562. The Bertz CT molecular complexity index is 464. The fourth-order valence-electron chi connectivity index (χ4n) is 1.75. The van der Waals surface area contributed by atoms with Crippen LogP contribution in [-0.2, 0) is 19.0 Å². The van der Waals surface area contributed by atoms with Crippen molar-refractivity contribution in [1.29, 1.82) is 0 Å². The lowest BCUT2D eigenvalue weighted by Gasteiger charge is -2.18. The summed E-state index contributed by atoms with van der Waals surface area (Å²) < 4.78 is 44.1. The molecule has 7 heteroatoms. The van der Waals surface area contributed by atoms with Crippen LogP contribution in [0.4, 0.5) is 8.78 Å². The molecule has 0 aliphatic heterocycles. The van der Waals surface area contributed by atoms with E-state index in [9.17, 15) is 13.6 Å². The molecular formula is C16H22F2O5. The predicted octanol–water partition coefficient (Wildman–Crippen LogP) is 3.33. The Kier molecular flexibility index (Phi) is 8.50. The summed E-state index contributed by atoms with van der Waals surface area (Å²) in [5.41, 5.74) is 0.668. The van der Waals surface area contributed by atoms with Crippen molar-refractivity contribution in [3.63, 3.8) is 0 Å². The summed E-state index contributed by atoms with van der Waals surface area (Å²) in [4.78, 5) is 11.9. The fourth-order valence-corrected chi connectivity index (χ4v) is 1.75.